The number of carbonyl (C=O) groups excluding carboxylic acids is 1. The van der Waals surface area contributed by atoms with Crippen molar-refractivity contribution in [1.29, 1.82) is 0 Å². The van der Waals surface area contributed by atoms with Crippen molar-refractivity contribution in [2.24, 2.45) is 0 Å². The molecule has 1 aromatic carbocycles. The van der Waals surface area contributed by atoms with E-state index in [0.717, 1.165) is 54.4 Å². The largest absolute Gasteiger partial charge is 0.467 e. The molecular weight excluding hydrogens is 380 g/mol. The predicted octanol–water partition coefficient (Wildman–Crippen LogP) is 4.66. The highest BCUT2D eigenvalue weighted by molar-refractivity contribution is 5.75. The Morgan fingerprint density at radius 1 is 1.10 bits per heavy atom. The van der Waals surface area contributed by atoms with Crippen molar-refractivity contribution in [3.8, 4) is 11.3 Å². The summed E-state index contributed by atoms with van der Waals surface area (Å²) < 4.78 is 11.4. The van der Waals surface area contributed by atoms with Gasteiger partial charge >= 0.3 is 6.03 Å². The van der Waals surface area contributed by atoms with E-state index < -0.39 is 0 Å². The van der Waals surface area contributed by atoms with Crippen LogP contribution in [0.1, 0.15) is 37.5 Å². The Morgan fingerprint density at radius 2 is 1.90 bits per heavy atom. The minimum atomic E-state index is -0.140. The first-order valence-electron chi connectivity index (χ1n) is 10.6. The molecule has 0 spiro atoms. The Kier molecular flexibility index (Phi) is 6.37. The van der Waals surface area contributed by atoms with E-state index in [9.17, 15) is 4.79 Å². The molecule has 0 unspecified atom stereocenters. The van der Waals surface area contributed by atoms with E-state index in [1.807, 2.05) is 49.4 Å². The van der Waals surface area contributed by atoms with E-state index in [-0.39, 0.29) is 6.03 Å². The summed E-state index contributed by atoms with van der Waals surface area (Å²) in [6, 6.07) is 13.6. The van der Waals surface area contributed by atoms with Crippen LogP contribution >= 0.6 is 0 Å². The number of piperidine rings is 1. The average Bonchev–Trinajstić information content (AvgIpc) is 3.45. The molecule has 2 amide bonds. The molecule has 0 bridgehead atoms. The minimum absolute atomic E-state index is 0.140. The average molecular weight is 409 g/mol. The van der Waals surface area contributed by atoms with Crippen molar-refractivity contribution < 1.29 is 13.7 Å². The van der Waals surface area contributed by atoms with Gasteiger partial charge in [0.05, 0.1) is 24.9 Å². The van der Waals surface area contributed by atoms with Gasteiger partial charge in [0.25, 0.3) is 0 Å². The molecule has 1 aliphatic heterocycles. The normalized spacial score (nSPS) is 14.0. The maximum Gasteiger partial charge on any atom is 0.318 e. The molecule has 3 aromatic rings. The van der Waals surface area contributed by atoms with Crippen LogP contribution in [0.25, 0.3) is 11.3 Å². The topological polar surface area (TPSA) is 74.8 Å². The van der Waals surface area contributed by atoms with Gasteiger partial charge in [-0.25, -0.2) is 4.79 Å². The molecule has 7 heteroatoms. The Morgan fingerprint density at radius 3 is 2.60 bits per heavy atom. The molecule has 3 heterocycles. The molecule has 1 saturated heterocycles. The second kappa shape index (κ2) is 9.52. The molecular formula is C23H28N4O3. The number of rotatable bonds is 7. The third-order valence-corrected chi connectivity index (χ3v) is 5.35. The van der Waals surface area contributed by atoms with Gasteiger partial charge in [-0.2, -0.15) is 0 Å². The van der Waals surface area contributed by atoms with Gasteiger partial charge in [0.2, 0.25) is 5.88 Å². The first-order valence-corrected chi connectivity index (χ1v) is 10.6. The number of hydrogen-bond acceptors (Lipinski definition) is 5. The summed E-state index contributed by atoms with van der Waals surface area (Å²) in [4.78, 5) is 16.8. The number of benzene rings is 1. The summed E-state index contributed by atoms with van der Waals surface area (Å²) in [5.74, 6) is 1.50. The molecule has 2 aromatic heterocycles. The monoisotopic (exact) mass is 408 g/mol. The third kappa shape index (κ3) is 4.50. The van der Waals surface area contributed by atoms with Crippen molar-refractivity contribution in [1.82, 2.24) is 15.4 Å². The summed E-state index contributed by atoms with van der Waals surface area (Å²) in [6.45, 7) is 5.11. The fourth-order valence-electron chi connectivity index (χ4n) is 3.86. The lowest BCUT2D eigenvalue weighted by Crippen LogP contribution is -2.39. The lowest BCUT2D eigenvalue weighted by atomic mass is 10.1. The minimum Gasteiger partial charge on any atom is -0.467 e. The van der Waals surface area contributed by atoms with Crippen molar-refractivity contribution in [3.05, 3.63) is 60.1 Å². The summed E-state index contributed by atoms with van der Waals surface area (Å²) in [5, 5.41) is 7.33. The fraction of sp³-hybridized carbons (Fsp3) is 0.391. The Balaban J connectivity index is 1.69. The predicted molar refractivity (Wildman–Crippen MR) is 115 cm³/mol. The summed E-state index contributed by atoms with van der Waals surface area (Å²) in [7, 11) is 0. The number of urea groups is 1. The lowest BCUT2D eigenvalue weighted by molar-refractivity contribution is 0.188. The molecule has 1 N–H and O–H groups in total. The first kappa shape index (κ1) is 20.1. The van der Waals surface area contributed by atoms with E-state index in [1.165, 1.54) is 6.42 Å². The Bertz CT molecular complexity index is 931. The highest BCUT2D eigenvalue weighted by Crippen LogP contribution is 2.34. The number of nitrogens with one attached hydrogen (secondary N) is 1. The van der Waals surface area contributed by atoms with Crippen molar-refractivity contribution in [3.63, 3.8) is 0 Å². The quantitative estimate of drug-likeness (QED) is 0.616. The molecule has 0 saturated carbocycles. The van der Waals surface area contributed by atoms with Crippen molar-refractivity contribution in [2.75, 3.05) is 24.5 Å². The van der Waals surface area contributed by atoms with Crippen LogP contribution in [-0.4, -0.2) is 35.7 Å². The summed E-state index contributed by atoms with van der Waals surface area (Å²) in [5.41, 5.74) is 2.69. The van der Waals surface area contributed by atoms with E-state index >= 15 is 0 Å². The molecule has 7 nitrogen and oxygen atoms in total. The number of amides is 2. The van der Waals surface area contributed by atoms with Crippen molar-refractivity contribution >= 4 is 11.9 Å². The van der Waals surface area contributed by atoms with E-state index in [1.54, 1.807) is 11.2 Å². The van der Waals surface area contributed by atoms with Crippen LogP contribution in [0.3, 0.4) is 0 Å². The maximum absolute atomic E-state index is 12.8. The highest BCUT2D eigenvalue weighted by Gasteiger charge is 2.27. The van der Waals surface area contributed by atoms with Gasteiger partial charge in [0, 0.05) is 25.2 Å². The van der Waals surface area contributed by atoms with Gasteiger partial charge in [-0.05, 0) is 38.3 Å². The highest BCUT2D eigenvalue weighted by atomic mass is 16.5. The molecule has 158 valence electrons. The number of anilines is 1. The van der Waals surface area contributed by atoms with Crippen LogP contribution in [0.15, 0.2) is 57.7 Å². The number of hydrogen-bond donors (Lipinski definition) is 1. The first-order chi connectivity index (χ1) is 14.8. The van der Waals surface area contributed by atoms with Crippen LogP contribution < -0.4 is 10.2 Å². The maximum atomic E-state index is 12.8. The van der Waals surface area contributed by atoms with Crippen LogP contribution in [0, 0.1) is 0 Å². The second-order valence-electron chi connectivity index (χ2n) is 7.50. The fourth-order valence-corrected chi connectivity index (χ4v) is 3.86. The van der Waals surface area contributed by atoms with Crippen LogP contribution in [0.4, 0.5) is 10.7 Å². The van der Waals surface area contributed by atoms with Crippen LogP contribution in [0.2, 0.25) is 0 Å². The molecule has 1 fully saturated rings. The van der Waals surface area contributed by atoms with Crippen LogP contribution in [0.5, 0.6) is 0 Å². The van der Waals surface area contributed by atoms with Gasteiger partial charge < -0.3 is 24.1 Å². The zero-order valence-electron chi connectivity index (χ0n) is 17.3. The number of aromatic nitrogens is 1. The molecule has 0 atom stereocenters. The van der Waals surface area contributed by atoms with E-state index in [0.29, 0.717) is 19.6 Å². The molecule has 1 aliphatic rings. The molecule has 0 aliphatic carbocycles. The van der Waals surface area contributed by atoms with Gasteiger partial charge in [-0.15, -0.1) is 0 Å². The van der Waals surface area contributed by atoms with Gasteiger partial charge in [-0.3, -0.25) is 0 Å². The number of nitrogens with zero attached hydrogens (tertiary/aromatic N) is 3. The Hall–Kier alpha value is -3.22. The lowest BCUT2D eigenvalue weighted by Gasteiger charge is -2.28. The second-order valence-corrected chi connectivity index (χ2v) is 7.50. The third-order valence-electron chi connectivity index (χ3n) is 5.35. The standard InChI is InChI=1S/C23H28N4O3/c1-2-24-23(28)27(16-19-12-9-15-29-19)17-20-21(18-10-5-3-6-11-18)25-30-22(20)26-13-7-4-8-14-26/h3,5-6,9-12,15H,2,4,7-8,13-14,16-17H2,1H3,(H,24,28). The summed E-state index contributed by atoms with van der Waals surface area (Å²) in [6.07, 6.45) is 5.12. The number of furan rings is 1. The summed E-state index contributed by atoms with van der Waals surface area (Å²) >= 11 is 0. The molecule has 4 rings (SSSR count). The number of carbonyl (C=O) groups is 1. The van der Waals surface area contributed by atoms with Crippen molar-refractivity contribution in [2.45, 2.75) is 39.3 Å². The van der Waals surface area contributed by atoms with E-state index in [4.69, 9.17) is 8.94 Å². The van der Waals surface area contributed by atoms with Gasteiger partial charge in [-0.1, -0.05) is 35.5 Å². The van der Waals surface area contributed by atoms with E-state index in [2.05, 4.69) is 15.4 Å². The molecule has 30 heavy (non-hydrogen) atoms. The zero-order chi connectivity index (χ0) is 20.8. The zero-order valence-corrected chi connectivity index (χ0v) is 17.3. The SMILES string of the molecule is CCNC(=O)N(Cc1ccco1)Cc1c(-c2ccccc2)noc1N1CCCCC1. The van der Waals surface area contributed by atoms with Gasteiger partial charge in [0.15, 0.2) is 0 Å². The molecule has 0 radical (unpaired) electrons. The van der Waals surface area contributed by atoms with Crippen LogP contribution in [-0.2, 0) is 13.1 Å². The smallest absolute Gasteiger partial charge is 0.318 e. The Labute approximate surface area is 176 Å². The van der Waals surface area contributed by atoms with Gasteiger partial charge in [0.1, 0.15) is 11.5 Å².